The number of rotatable bonds is 9. The van der Waals surface area contributed by atoms with Gasteiger partial charge in [-0.05, 0) is 50.8 Å². The predicted octanol–water partition coefficient (Wildman–Crippen LogP) is 3.58. The Kier molecular flexibility index (Phi) is 7.76. The number of hydrogen-bond acceptors (Lipinski definition) is 2. The molecule has 0 amide bonds. The van der Waals surface area contributed by atoms with E-state index in [0.717, 1.165) is 32.4 Å². The third-order valence-corrected chi connectivity index (χ3v) is 3.54. The van der Waals surface area contributed by atoms with Gasteiger partial charge in [0.25, 0.3) is 0 Å². The van der Waals surface area contributed by atoms with E-state index in [2.05, 4.69) is 57.3 Å². The maximum Gasteiger partial charge on any atom is 0.0703 e. The van der Waals surface area contributed by atoms with Gasteiger partial charge in [-0.1, -0.05) is 38.1 Å². The van der Waals surface area contributed by atoms with Crippen molar-refractivity contribution in [3.8, 4) is 0 Å². The fourth-order valence-electron chi connectivity index (χ4n) is 2.28. The summed E-state index contributed by atoms with van der Waals surface area (Å²) in [7, 11) is 0. The maximum atomic E-state index is 5.76. The first-order valence-electron chi connectivity index (χ1n) is 7.64. The Labute approximate surface area is 118 Å². The van der Waals surface area contributed by atoms with Crippen LogP contribution in [0.5, 0.6) is 0 Å². The average molecular weight is 263 g/mol. The highest BCUT2D eigenvalue weighted by molar-refractivity contribution is 5.23. The Morgan fingerprint density at radius 3 is 2.21 bits per heavy atom. The Morgan fingerprint density at radius 2 is 1.68 bits per heavy atom. The van der Waals surface area contributed by atoms with Gasteiger partial charge in [0.15, 0.2) is 0 Å². The summed E-state index contributed by atoms with van der Waals surface area (Å²) in [6.45, 7) is 10.4. The van der Waals surface area contributed by atoms with E-state index in [1.54, 1.807) is 0 Å². The molecule has 0 aromatic heterocycles. The van der Waals surface area contributed by atoms with Crippen LogP contribution in [0.25, 0.3) is 0 Å². The lowest BCUT2D eigenvalue weighted by Gasteiger charge is -2.25. The summed E-state index contributed by atoms with van der Waals surface area (Å²) in [6.07, 6.45) is 3.55. The van der Waals surface area contributed by atoms with E-state index in [9.17, 15) is 0 Å². The fourth-order valence-corrected chi connectivity index (χ4v) is 2.28. The number of hydrogen-bond donors (Lipinski definition) is 1. The normalized spacial score (nSPS) is 14.3. The van der Waals surface area contributed by atoms with Gasteiger partial charge in [-0.25, -0.2) is 0 Å². The van der Waals surface area contributed by atoms with Crippen LogP contribution in [0.2, 0.25) is 0 Å². The van der Waals surface area contributed by atoms with E-state index >= 15 is 0 Å². The molecule has 0 aliphatic carbocycles. The lowest BCUT2D eigenvalue weighted by molar-refractivity contribution is 0.0476. The number of aryl methyl sites for hydroxylation is 1. The third-order valence-electron chi connectivity index (χ3n) is 3.54. The largest absolute Gasteiger partial charge is 0.377 e. The highest BCUT2D eigenvalue weighted by Gasteiger charge is 2.17. The molecule has 1 aromatic carbocycles. The van der Waals surface area contributed by atoms with E-state index in [1.165, 1.54) is 11.1 Å². The molecule has 2 nitrogen and oxygen atoms in total. The first kappa shape index (κ1) is 16.2. The van der Waals surface area contributed by atoms with Gasteiger partial charge in [-0.3, -0.25) is 0 Å². The van der Waals surface area contributed by atoms with E-state index in [-0.39, 0.29) is 6.10 Å². The summed E-state index contributed by atoms with van der Waals surface area (Å²) < 4.78 is 5.76. The van der Waals surface area contributed by atoms with Crippen molar-refractivity contribution in [2.45, 2.75) is 59.1 Å². The SMILES string of the molecule is CCCNC(Cc1ccc(CC)cc1)C(C)OCC. The molecular weight excluding hydrogens is 234 g/mol. The summed E-state index contributed by atoms with van der Waals surface area (Å²) >= 11 is 0. The molecule has 1 aromatic rings. The molecule has 1 rings (SSSR count). The first-order chi connectivity index (χ1) is 9.21. The van der Waals surface area contributed by atoms with Gasteiger partial charge in [-0.2, -0.15) is 0 Å². The summed E-state index contributed by atoms with van der Waals surface area (Å²) in [5, 5.41) is 3.61. The maximum absolute atomic E-state index is 5.76. The van der Waals surface area contributed by atoms with Crippen molar-refractivity contribution in [1.82, 2.24) is 5.32 Å². The molecule has 0 saturated heterocycles. The molecular formula is C17H29NO. The minimum absolute atomic E-state index is 0.252. The minimum atomic E-state index is 0.252. The predicted molar refractivity (Wildman–Crippen MR) is 82.7 cm³/mol. The van der Waals surface area contributed by atoms with Gasteiger partial charge in [0, 0.05) is 12.6 Å². The van der Waals surface area contributed by atoms with Gasteiger partial charge in [0.05, 0.1) is 6.10 Å². The van der Waals surface area contributed by atoms with E-state index in [1.807, 2.05) is 0 Å². The van der Waals surface area contributed by atoms with Crippen molar-refractivity contribution in [2.24, 2.45) is 0 Å². The van der Waals surface area contributed by atoms with Crippen molar-refractivity contribution in [3.63, 3.8) is 0 Å². The zero-order valence-electron chi connectivity index (χ0n) is 12.9. The van der Waals surface area contributed by atoms with Crippen molar-refractivity contribution in [2.75, 3.05) is 13.2 Å². The van der Waals surface area contributed by atoms with Gasteiger partial charge in [-0.15, -0.1) is 0 Å². The third kappa shape index (κ3) is 5.75. The van der Waals surface area contributed by atoms with Crippen molar-refractivity contribution in [1.29, 1.82) is 0 Å². The van der Waals surface area contributed by atoms with Crippen LogP contribution in [-0.2, 0) is 17.6 Å². The summed E-state index contributed by atoms with van der Waals surface area (Å²) in [5.74, 6) is 0. The van der Waals surface area contributed by atoms with Crippen LogP contribution in [0.15, 0.2) is 24.3 Å². The Bertz CT molecular complexity index is 334. The number of benzene rings is 1. The number of ether oxygens (including phenoxy) is 1. The highest BCUT2D eigenvalue weighted by atomic mass is 16.5. The zero-order valence-corrected chi connectivity index (χ0v) is 12.9. The molecule has 0 aliphatic heterocycles. The molecule has 1 N–H and O–H groups in total. The Balaban J connectivity index is 2.63. The summed E-state index contributed by atoms with van der Waals surface area (Å²) in [5.41, 5.74) is 2.79. The summed E-state index contributed by atoms with van der Waals surface area (Å²) in [4.78, 5) is 0. The lowest BCUT2D eigenvalue weighted by Crippen LogP contribution is -2.41. The summed E-state index contributed by atoms with van der Waals surface area (Å²) in [6, 6.07) is 9.36. The van der Waals surface area contributed by atoms with E-state index < -0.39 is 0 Å². The second-order valence-corrected chi connectivity index (χ2v) is 5.10. The van der Waals surface area contributed by atoms with Gasteiger partial charge in [0.1, 0.15) is 0 Å². The van der Waals surface area contributed by atoms with Crippen LogP contribution in [0.3, 0.4) is 0 Å². The van der Waals surface area contributed by atoms with E-state index in [4.69, 9.17) is 4.74 Å². The van der Waals surface area contributed by atoms with Crippen LogP contribution in [0.1, 0.15) is 45.2 Å². The van der Waals surface area contributed by atoms with E-state index in [0.29, 0.717) is 6.04 Å². The second-order valence-electron chi connectivity index (χ2n) is 5.10. The van der Waals surface area contributed by atoms with Crippen LogP contribution in [0, 0.1) is 0 Å². The minimum Gasteiger partial charge on any atom is -0.377 e. The smallest absolute Gasteiger partial charge is 0.0703 e. The zero-order chi connectivity index (χ0) is 14.1. The molecule has 0 bridgehead atoms. The van der Waals surface area contributed by atoms with Gasteiger partial charge in [0.2, 0.25) is 0 Å². The second kappa shape index (κ2) is 9.11. The molecule has 19 heavy (non-hydrogen) atoms. The monoisotopic (exact) mass is 263 g/mol. The average Bonchev–Trinajstić information content (AvgIpc) is 2.44. The molecule has 2 atom stereocenters. The lowest BCUT2D eigenvalue weighted by atomic mass is 10.00. The molecule has 0 aliphatic rings. The van der Waals surface area contributed by atoms with Crippen molar-refractivity contribution >= 4 is 0 Å². The molecule has 0 heterocycles. The van der Waals surface area contributed by atoms with Crippen LogP contribution in [-0.4, -0.2) is 25.3 Å². The Morgan fingerprint density at radius 1 is 1.05 bits per heavy atom. The topological polar surface area (TPSA) is 21.3 Å². The molecule has 108 valence electrons. The molecule has 2 heteroatoms. The van der Waals surface area contributed by atoms with Crippen LogP contribution >= 0.6 is 0 Å². The first-order valence-corrected chi connectivity index (χ1v) is 7.64. The van der Waals surface area contributed by atoms with Crippen molar-refractivity contribution < 1.29 is 4.74 Å². The molecule has 0 radical (unpaired) electrons. The van der Waals surface area contributed by atoms with Gasteiger partial charge < -0.3 is 10.1 Å². The number of nitrogens with one attached hydrogen (secondary N) is 1. The Hall–Kier alpha value is -0.860. The van der Waals surface area contributed by atoms with Crippen LogP contribution < -0.4 is 5.32 Å². The fraction of sp³-hybridized carbons (Fsp3) is 0.647. The molecule has 2 unspecified atom stereocenters. The van der Waals surface area contributed by atoms with Crippen LogP contribution in [0.4, 0.5) is 0 Å². The molecule has 0 spiro atoms. The molecule has 0 saturated carbocycles. The van der Waals surface area contributed by atoms with Gasteiger partial charge >= 0.3 is 0 Å². The van der Waals surface area contributed by atoms with Crippen molar-refractivity contribution in [3.05, 3.63) is 35.4 Å². The highest BCUT2D eigenvalue weighted by Crippen LogP contribution is 2.11. The molecule has 0 fully saturated rings. The standard InChI is InChI=1S/C17H29NO/c1-5-12-18-17(14(4)19-7-3)13-16-10-8-15(6-2)9-11-16/h8-11,14,17-18H,5-7,12-13H2,1-4H3. The quantitative estimate of drug-likeness (QED) is 0.735.